The predicted octanol–water partition coefficient (Wildman–Crippen LogP) is 4.55. The van der Waals surface area contributed by atoms with Crippen LogP contribution < -0.4 is 5.56 Å². The maximum Gasteiger partial charge on any atom is 0.258 e. The second kappa shape index (κ2) is 7.99. The van der Waals surface area contributed by atoms with Gasteiger partial charge in [-0.1, -0.05) is 30.3 Å². The number of piperidine rings is 1. The van der Waals surface area contributed by atoms with E-state index in [1.807, 2.05) is 41.1 Å². The molecule has 162 valence electrons. The standard InChI is InChI=1S/C28H24N4O/c29-13-19-4-3-6-22(10-19)25-8-9-27-24-12-21(17-32(27)28(25)33)16-31(18-24)15-20-11-23-5-1-2-7-26(23)30-14-20/h1-11,14,21,24H,12,15-18H2/t21-,24+/m0/s1. The van der Waals surface area contributed by atoms with Gasteiger partial charge in [0.05, 0.1) is 17.1 Å². The highest BCUT2D eigenvalue weighted by atomic mass is 16.1. The van der Waals surface area contributed by atoms with Gasteiger partial charge in [-0.3, -0.25) is 14.7 Å². The number of fused-ring (bicyclic) bond motifs is 5. The molecule has 2 aliphatic rings. The van der Waals surface area contributed by atoms with Crippen LogP contribution in [0, 0.1) is 17.2 Å². The molecule has 1 fully saturated rings. The summed E-state index contributed by atoms with van der Waals surface area (Å²) in [5.41, 5.74) is 5.53. The minimum absolute atomic E-state index is 0.0597. The van der Waals surface area contributed by atoms with Crippen LogP contribution in [0.5, 0.6) is 0 Å². The van der Waals surface area contributed by atoms with Crippen molar-refractivity contribution >= 4 is 10.9 Å². The first-order chi connectivity index (χ1) is 16.2. The SMILES string of the molecule is N#Cc1cccc(-c2ccc3n(c2=O)C[C@H]2C[C@@H]3CN(Cc3cnc4ccccc4c3)C2)c1. The summed E-state index contributed by atoms with van der Waals surface area (Å²) in [6, 6.07) is 24.0. The van der Waals surface area contributed by atoms with Gasteiger partial charge in [-0.05, 0) is 59.9 Å². The van der Waals surface area contributed by atoms with E-state index in [2.05, 4.69) is 40.2 Å². The molecule has 0 unspecified atom stereocenters. The second-order valence-corrected chi connectivity index (χ2v) is 9.31. The lowest BCUT2D eigenvalue weighted by molar-refractivity contribution is 0.114. The van der Waals surface area contributed by atoms with Crippen LogP contribution in [0.1, 0.15) is 29.2 Å². The third-order valence-electron chi connectivity index (χ3n) is 7.04. The molecule has 2 aromatic heterocycles. The Bertz CT molecular complexity index is 1460. The minimum atomic E-state index is 0.0597. The molecule has 4 aromatic rings. The first-order valence-electron chi connectivity index (χ1n) is 11.5. The smallest absolute Gasteiger partial charge is 0.258 e. The van der Waals surface area contributed by atoms with E-state index in [0.717, 1.165) is 49.4 Å². The molecule has 0 saturated carbocycles. The number of para-hydroxylation sites is 1. The molecule has 33 heavy (non-hydrogen) atoms. The summed E-state index contributed by atoms with van der Waals surface area (Å²) >= 11 is 0. The zero-order valence-corrected chi connectivity index (χ0v) is 18.3. The minimum Gasteiger partial charge on any atom is -0.311 e. The van der Waals surface area contributed by atoms with E-state index >= 15 is 0 Å². The van der Waals surface area contributed by atoms with E-state index in [0.29, 0.717) is 23.0 Å². The van der Waals surface area contributed by atoms with Gasteiger partial charge < -0.3 is 4.57 Å². The number of hydrogen-bond acceptors (Lipinski definition) is 4. The zero-order chi connectivity index (χ0) is 22.4. The van der Waals surface area contributed by atoms with Crippen LogP contribution in [-0.4, -0.2) is 27.5 Å². The summed E-state index contributed by atoms with van der Waals surface area (Å²) in [5.74, 6) is 0.821. The Morgan fingerprint density at radius 3 is 2.82 bits per heavy atom. The third kappa shape index (κ3) is 3.63. The van der Waals surface area contributed by atoms with Crippen LogP contribution in [0.25, 0.3) is 22.0 Å². The number of aromatic nitrogens is 2. The van der Waals surface area contributed by atoms with Gasteiger partial charge in [0.1, 0.15) is 0 Å². The molecule has 0 N–H and O–H groups in total. The number of pyridine rings is 2. The van der Waals surface area contributed by atoms with Gasteiger partial charge in [-0.15, -0.1) is 0 Å². The fourth-order valence-corrected chi connectivity index (χ4v) is 5.61. The molecule has 5 heteroatoms. The van der Waals surface area contributed by atoms with Gasteiger partial charge in [0.25, 0.3) is 5.56 Å². The topological polar surface area (TPSA) is 61.9 Å². The number of hydrogen-bond donors (Lipinski definition) is 0. The number of rotatable bonds is 3. The molecule has 0 amide bonds. The molecule has 0 aliphatic carbocycles. The van der Waals surface area contributed by atoms with Crippen molar-refractivity contribution in [3.05, 3.63) is 100 Å². The Balaban J connectivity index is 1.27. The fraction of sp³-hybridized carbons (Fsp3) is 0.250. The van der Waals surface area contributed by atoms with Crippen molar-refractivity contribution in [2.24, 2.45) is 5.92 Å². The molecule has 6 rings (SSSR count). The molecule has 0 spiro atoms. The van der Waals surface area contributed by atoms with Gasteiger partial charge in [-0.25, -0.2) is 0 Å². The molecule has 0 radical (unpaired) electrons. The molecular formula is C28H24N4O. The van der Waals surface area contributed by atoms with Crippen LogP contribution in [0.3, 0.4) is 0 Å². The molecule has 2 bridgehead atoms. The van der Waals surface area contributed by atoms with Gasteiger partial charge in [0.2, 0.25) is 0 Å². The summed E-state index contributed by atoms with van der Waals surface area (Å²) in [5, 5.41) is 10.4. The molecule has 5 nitrogen and oxygen atoms in total. The Labute approximate surface area is 192 Å². The molecular weight excluding hydrogens is 408 g/mol. The number of benzene rings is 2. The lowest BCUT2D eigenvalue weighted by Crippen LogP contribution is -2.46. The monoisotopic (exact) mass is 432 g/mol. The van der Waals surface area contributed by atoms with E-state index in [1.54, 1.807) is 12.1 Å². The van der Waals surface area contributed by atoms with Gasteiger partial charge >= 0.3 is 0 Å². The van der Waals surface area contributed by atoms with Crippen molar-refractivity contribution in [2.45, 2.75) is 25.4 Å². The first-order valence-corrected chi connectivity index (χ1v) is 11.5. The Hall–Kier alpha value is -3.75. The van der Waals surface area contributed by atoms with Crippen LogP contribution in [0.15, 0.2) is 77.7 Å². The van der Waals surface area contributed by atoms with E-state index < -0.39 is 0 Å². The Morgan fingerprint density at radius 1 is 1.00 bits per heavy atom. The van der Waals surface area contributed by atoms with Crippen molar-refractivity contribution in [2.75, 3.05) is 13.1 Å². The van der Waals surface area contributed by atoms with E-state index in [4.69, 9.17) is 0 Å². The summed E-state index contributed by atoms with van der Waals surface area (Å²) in [7, 11) is 0. The number of nitriles is 1. The zero-order valence-electron chi connectivity index (χ0n) is 18.3. The van der Waals surface area contributed by atoms with E-state index in [1.165, 1.54) is 10.9 Å². The molecule has 4 heterocycles. The quantitative estimate of drug-likeness (QED) is 0.476. The number of likely N-dealkylation sites (tertiary alicyclic amines) is 1. The lowest BCUT2D eigenvalue weighted by Gasteiger charge is -2.43. The summed E-state index contributed by atoms with van der Waals surface area (Å²) < 4.78 is 1.99. The van der Waals surface area contributed by atoms with Crippen molar-refractivity contribution in [1.82, 2.24) is 14.5 Å². The predicted molar refractivity (Wildman–Crippen MR) is 129 cm³/mol. The van der Waals surface area contributed by atoms with Crippen molar-refractivity contribution in [1.29, 1.82) is 5.26 Å². The largest absolute Gasteiger partial charge is 0.311 e. The average molecular weight is 433 g/mol. The van der Waals surface area contributed by atoms with Crippen LogP contribution >= 0.6 is 0 Å². The van der Waals surface area contributed by atoms with Crippen LogP contribution in [0.2, 0.25) is 0 Å². The van der Waals surface area contributed by atoms with Crippen LogP contribution in [0.4, 0.5) is 0 Å². The fourth-order valence-electron chi connectivity index (χ4n) is 5.61. The Kier molecular flexibility index (Phi) is 4.82. The Morgan fingerprint density at radius 2 is 1.91 bits per heavy atom. The molecule has 2 aromatic carbocycles. The third-order valence-corrected chi connectivity index (χ3v) is 7.04. The highest BCUT2D eigenvalue weighted by molar-refractivity contribution is 5.78. The maximum atomic E-state index is 13.4. The molecule has 1 saturated heterocycles. The maximum absolute atomic E-state index is 13.4. The normalized spacial score (nSPS) is 19.7. The second-order valence-electron chi connectivity index (χ2n) is 9.31. The first kappa shape index (κ1) is 19.9. The lowest BCUT2D eigenvalue weighted by atomic mass is 9.82. The summed E-state index contributed by atoms with van der Waals surface area (Å²) in [4.78, 5) is 20.5. The van der Waals surface area contributed by atoms with Crippen molar-refractivity contribution in [3.8, 4) is 17.2 Å². The van der Waals surface area contributed by atoms with Gasteiger partial charge in [0.15, 0.2) is 0 Å². The van der Waals surface area contributed by atoms with Gasteiger partial charge in [-0.2, -0.15) is 5.26 Å². The van der Waals surface area contributed by atoms with Gasteiger partial charge in [0, 0.05) is 54.9 Å². The van der Waals surface area contributed by atoms with Crippen molar-refractivity contribution < 1.29 is 0 Å². The summed E-state index contributed by atoms with van der Waals surface area (Å²) in [6.07, 6.45) is 3.13. The highest BCUT2D eigenvalue weighted by Crippen LogP contribution is 2.36. The van der Waals surface area contributed by atoms with Crippen LogP contribution in [-0.2, 0) is 13.1 Å². The molecule has 2 atom stereocenters. The molecule has 2 aliphatic heterocycles. The summed E-state index contributed by atoms with van der Waals surface area (Å²) in [6.45, 7) is 3.58. The highest BCUT2D eigenvalue weighted by Gasteiger charge is 2.35. The van der Waals surface area contributed by atoms with E-state index in [-0.39, 0.29) is 5.56 Å². The number of nitrogens with zero attached hydrogens (tertiary/aromatic N) is 4. The van der Waals surface area contributed by atoms with E-state index in [9.17, 15) is 10.1 Å². The van der Waals surface area contributed by atoms with Crippen molar-refractivity contribution in [3.63, 3.8) is 0 Å². The average Bonchev–Trinajstić information content (AvgIpc) is 2.84.